The number of benzene rings is 4. The molecule has 0 aliphatic carbocycles. The van der Waals surface area contributed by atoms with Gasteiger partial charge < -0.3 is 0 Å². The van der Waals surface area contributed by atoms with Gasteiger partial charge in [0.25, 0.3) is 0 Å². The van der Waals surface area contributed by atoms with Crippen molar-refractivity contribution in [1.29, 1.82) is 0 Å². The predicted octanol–water partition coefficient (Wildman–Crippen LogP) is 1.34. The Kier molecular flexibility index (Phi) is 3.98. The van der Waals surface area contributed by atoms with Crippen molar-refractivity contribution in [3.8, 4) is 0 Å². The SMILES string of the molecule is Cc1cccc(B2c3ccccc3B(c3ccccc3)c3ccccc32)c1. The van der Waals surface area contributed by atoms with Gasteiger partial charge >= 0.3 is 0 Å². The Balaban J connectivity index is 1.80. The highest BCUT2D eigenvalue weighted by molar-refractivity contribution is 7.11. The van der Waals surface area contributed by atoms with E-state index in [1.165, 1.54) is 38.3 Å². The van der Waals surface area contributed by atoms with Crippen LogP contribution in [0, 0.1) is 6.92 Å². The Labute approximate surface area is 162 Å². The third-order valence-electron chi connectivity index (χ3n) is 5.74. The van der Waals surface area contributed by atoms with Crippen LogP contribution in [0.4, 0.5) is 0 Å². The van der Waals surface area contributed by atoms with Crippen LogP contribution in [0.3, 0.4) is 0 Å². The second-order valence-corrected chi connectivity index (χ2v) is 7.45. The van der Waals surface area contributed by atoms with Gasteiger partial charge in [-0.3, -0.25) is 0 Å². The first-order valence-corrected chi connectivity index (χ1v) is 9.62. The number of aryl methyl sites for hydroxylation is 1. The van der Waals surface area contributed by atoms with Crippen LogP contribution in [-0.4, -0.2) is 13.4 Å². The second-order valence-electron chi connectivity index (χ2n) is 7.45. The molecule has 4 aromatic rings. The molecule has 0 radical (unpaired) electrons. The van der Waals surface area contributed by atoms with Gasteiger partial charge in [-0.15, -0.1) is 0 Å². The van der Waals surface area contributed by atoms with Crippen molar-refractivity contribution >= 4 is 46.2 Å². The van der Waals surface area contributed by atoms with E-state index in [0.29, 0.717) is 6.71 Å². The highest BCUT2D eigenvalue weighted by atomic mass is 14.1. The van der Waals surface area contributed by atoms with Gasteiger partial charge in [0.1, 0.15) is 0 Å². The van der Waals surface area contributed by atoms with Crippen LogP contribution in [0.15, 0.2) is 103 Å². The van der Waals surface area contributed by atoms with Gasteiger partial charge in [-0.05, 0) is 6.92 Å². The van der Waals surface area contributed by atoms with Crippen molar-refractivity contribution in [2.75, 3.05) is 0 Å². The highest BCUT2D eigenvalue weighted by Gasteiger charge is 2.37. The lowest BCUT2D eigenvalue weighted by Crippen LogP contribution is -2.74. The molecule has 0 amide bonds. The molecule has 0 N–H and O–H groups in total. The van der Waals surface area contributed by atoms with Crippen molar-refractivity contribution in [2.45, 2.75) is 6.92 Å². The second kappa shape index (κ2) is 6.63. The Hall–Kier alpha value is -2.99. The van der Waals surface area contributed by atoms with E-state index in [0.717, 1.165) is 0 Å². The molecule has 0 fully saturated rings. The minimum atomic E-state index is 0.289. The maximum absolute atomic E-state index is 2.33. The van der Waals surface area contributed by atoms with Crippen LogP contribution in [-0.2, 0) is 0 Å². The van der Waals surface area contributed by atoms with Gasteiger partial charge in [-0.25, -0.2) is 0 Å². The summed E-state index contributed by atoms with van der Waals surface area (Å²) in [6.07, 6.45) is 0. The summed E-state index contributed by atoms with van der Waals surface area (Å²) < 4.78 is 0. The molecule has 0 atom stereocenters. The summed E-state index contributed by atoms with van der Waals surface area (Å²) in [6.45, 7) is 2.76. The molecule has 0 unspecified atom stereocenters. The largest absolute Gasteiger partial charge is 0.240 e. The molecule has 126 valence electrons. The van der Waals surface area contributed by atoms with Crippen molar-refractivity contribution in [2.24, 2.45) is 0 Å². The zero-order valence-corrected chi connectivity index (χ0v) is 15.5. The topological polar surface area (TPSA) is 0 Å². The zero-order chi connectivity index (χ0) is 18.2. The van der Waals surface area contributed by atoms with Crippen LogP contribution in [0.2, 0.25) is 0 Å². The third kappa shape index (κ3) is 2.73. The summed E-state index contributed by atoms with van der Waals surface area (Å²) in [5.41, 5.74) is 9.75. The van der Waals surface area contributed by atoms with Crippen LogP contribution in [0.5, 0.6) is 0 Å². The van der Waals surface area contributed by atoms with E-state index < -0.39 is 0 Å². The monoisotopic (exact) mass is 342 g/mol. The zero-order valence-electron chi connectivity index (χ0n) is 15.5. The number of rotatable bonds is 2. The molecule has 27 heavy (non-hydrogen) atoms. The van der Waals surface area contributed by atoms with E-state index >= 15 is 0 Å². The molecule has 0 bridgehead atoms. The lowest BCUT2D eigenvalue weighted by molar-refractivity contribution is 1.49. The molecule has 0 saturated carbocycles. The van der Waals surface area contributed by atoms with Gasteiger partial charge in [0.15, 0.2) is 0 Å². The lowest BCUT2D eigenvalue weighted by atomic mass is 9.21. The Bertz CT molecular complexity index is 1050. The number of fused-ring (bicyclic) bond motifs is 2. The van der Waals surface area contributed by atoms with Gasteiger partial charge in [0.05, 0.1) is 0 Å². The van der Waals surface area contributed by atoms with E-state index in [-0.39, 0.29) is 6.71 Å². The van der Waals surface area contributed by atoms with Crippen LogP contribution in [0.25, 0.3) is 0 Å². The number of hydrogen-bond acceptors (Lipinski definition) is 0. The molecular weight excluding hydrogens is 322 g/mol. The molecular formula is C25H20B2. The minimum Gasteiger partial charge on any atom is -0.0733 e. The minimum absolute atomic E-state index is 0.289. The van der Waals surface area contributed by atoms with E-state index in [4.69, 9.17) is 0 Å². The molecule has 0 saturated heterocycles. The summed E-state index contributed by atoms with van der Waals surface area (Å²) in [5.74, 6) is 0. The number of hydrogen-bond donors (Lipinski definition) is 0. The van der Waals surface area contributed by atoms with E-state index in [1.54, 1.807) is 0 Å². The molecule has 0 aromatic heterocycles. The Morgan fingerprint density at radius 3 is 1.41 bits per heavy atom. The maximum Gasteiger partial charge on any atom is 0.240 e. The average molecular weight is 342 g/mol. The molecule has 0 nitrogen and oxygen atoms in total. The molecule has 4 aromatic carbocycles. The average Bonchev–Trinajstić information content (AvgIpc) is 2.72. The molecule has 1 aliphatic rings. The Morgan fingerprint density at radius 1 is 0.444 bits per heavy atom. The molecule has 2 heteroatoms. The normalized spacial score (nSPS) is 12.5. The van der Waals surface area contributed by atoms with Crippen molar-refractivity contribution < 1.29 is 0 Å². The molecule has 5 rings (SSSR count). The summed E-state index contributed by atoms with van der Waals surface area (Å²) in [6, 6.07) is 37.8. The van der Waals surface area contributed by atoms with Crippen molar-refractivity contribution in [3.63, 3.8) is 0 Å². The fourth-order valence-corrected chi connectivity index (χ4v) is 4.62. The van der Waals surface area contributed by atoms with Gasteiger partial charge in [0, 0.05) is 0 Å². The van der Waals surface area contributed by atoms with Gasteiger partial charge in [-0.1, -0.05) is 141 Å². The van der Waals surface area contributed by atoms with E-state index in [2.05, 4.69) is 110 Å². The predicted molar refractivity (Wildman–Crippen MR) is 120 cm³/mol. The molecule has 1 aliphatic heterocycles. The lowest BCUT2D eigenvalue weighted by Gasteiger charge is -2.32. The first kappa shape index (κ1) is 16.2. The first-order valence-electron chi connectivity index (χ1n) is 9.62. The summed E-state index contributed by atoms with van der Waals surface area (Å²) >= 11 is 0. The molecule has 1 heterocycles. The fourth-order valence-electron chi connectivity index (χ4n) is 4.62. The first-order chi connectivity index (χ1) is 13.3. The van der Waals surface area contributed by atoms with Crippen LogP contribution in [0.1, 0.15) is 5.56 Å². The summed E-state index contributed by atoms with van der Waals surface area (Å²) in [4.78, 5) is 0. The van der Waals surface area contributed by atoms with Crippen LogP contribution < -0.4 is 32.8 Å². The summed E-state index contributed by atoms with van der Waals surface area (Å²) in [7, 11) is 0. The standard InChI is InChI=1S/C25H20B2/c1-19-10-9-13-21(18-19)27-24-16-7-5-14-22(24)26(20-11-3-2-4-12-20)23-15-6-8-17-25(23)27/h2-18H,1H3. The fraction of sp³-hybridized carbons (Fsp3) is 0.0400. The van der Waals surface area contributed by atoms with E-state index in [1.807, 2.05) is 0 Å². The van der Waals surface area contributed by atoms with Gasteiger partial charge in [0.2, 0.25) is 13.4 Å². The summed E-state index contributed by atoms with van der Waals surface area (Å²) in [5, 5.41) is 0. The van der Waals surface area contributed by atoms with Crippen molar-refractivity contribution in [1.82, 2.24) is 0 Å². The smallest absolute Gasteiger partial charge is 0.0733 e. The Morgan fingerprint density at radius 2 is 0.889 bits per heavy atom. The van der Waals surface area contributed by atoms with E-state index in [9.17, 15) is 0 Å². The van der Waals surface area contributed by atoms with Gasteiger partial charge in [-0.2, -0.15) is 0 Å². The highest BCUT2D eigenvalue weighted by Crippen LogP contribution is 2.03. The quantitative estimate of drug-likeness (QED) is 0.425. The third-order valence-corrected chi connectivity index (χ3v) is 5.74. The maximum atomic E-state index is 2.33. The molecule has 0 spiro atoms. The van der Waals surface area contributed by atoms with Crippen LogP contribution >= 0.6 is 0 Å². The van der Waals surface area contributed by atoms with Crippen molar-refractivity contribution in [3.05, 3.63) is 109 Å².